The van der Waals surface area contributed by atoms with Crippen molar-refractivity contribution in [3.8, 4) is 0 Å². The second-order valence-corrected chi connectivity index (χ2v) is 3.68. The van der Waals surface area contributed by atoms with Gasteiger partial charge >= 0.3 is 0 Å². The molecule has 0 aromatic heterocycles. The van der Waals surface area contributed by atoms with E-state index in [1.807, 2.05) is 12.3 Å². The van der Waals surface area contributed by atoms with Gasteiger partial charge < -0.3 is 16.2 Å². The number of nitrogens with one attached hydrogen (secondary N) is 3. The minimum atomic E-state index is 0.777. The van der Waals surface area contributed by atoms with E-state index >= 15 is 0 Å². The van der Waals surface area contributed by atoms with Crippen molar-refractivity contribution in [2.75, 3.05) is 13.1 Å². The molecule has 1 heterocycles. The van der Waals surface area contributed by atoms with E-state index in [4.69, 9.17) is 0 Å². The van der Waals surface area contributed by atoms with E-state index < -0.39 is 0 Å². The maximum atomic E-state index is 3.38. The van der Waals surface area contributed by atoms with E-state index in [0.717, 1.165) is 19.0 Å². The number of rotatable bonds is 5. The molecule has 0 saturated heterocycles. The lowest BCUT2D eigenvalue weighted by molar-refractivity contribution is 0.540. The summed E-state index contributed by atoms with van der Waals surface area (Å²) in [5.41, 5.74) is 7.20. The van der Waals surface area contributed by atoms with Crippen molar-refractivity contribution in [2.45, 2.75) is 20.3 Å². The lowest BCUT2D eigenvalue weighted by Gasteiger charge is -2.14. The Kier molecular flexibility index (Phi) is 4.40. The molecule has 0 bridgehead atoms. The average molecular weight is 181 g/mol. The van der Waals surface area contributed by atoms with Gasteiger partial charge in [-0.2, -0.15) is 0 Å². The molecule has 0 aliphatic carbocycles. The Bertz CT molecular complexity index is 194. The van der Waals surface area contributed by atoms with Gasteiger partial charge in [-0.05, 0) is 31.0 Å². The summed E-state index contributed by atoms with van der Waals surface area (Å²) >= 11 is 0. The van der Waals surface area contributed by atoms with E-state index in [-0.39, 0.29) is 0 Å². The smallest absolute Gasteiger partial charge is 0.0452 e. The molecule has 3 N–H and O–H groups in total. The molecule has 0 unspecified atom stereocenters. The first kappa shape index (κ1) is 10.1. The van der Waals surface area contributed by atoms with Crippen molar-refractivity contribution in [2.24, 2.45) is 5.92 Å². The van der Waals surface area contributed by atoms with E-state index in [0.29, 0.717) is 0 Å². The van der Waals surface area contributed by atoms with Crippen LogP contribution in [0.15, 0.2) is 24.0 Å². The normalized spacial score (nSPS) is 15.2. The molecule has 0 saturated carbocycles. The topological polar surface area (TPSA) is 36.1 Å². The van der Waals surface area contributed by atoms with Crippen LogP contribution in [0.25, 0.3) is 0 Å². The highest BCUT2D eigenvalue weighted by molar-refractivity contribution is 5.14. The lowest BCUT2D eigenvalue weighted by atomic mass is 10.1. The molecule has 13 heavy (non-hydrogen) atoms. The van der Waals surface area contributed by atoms with E-state index in [1.165, 1.54) is 12.1 Å². The van der Waals surface area contributed by atoms with E-state index in [2.05, 4.69) is 36.1 Å². The van der Waals surface area contributed by atoms with Gasteiger partial charge in [-0.1, -0.05) is 13.8 Å². The van der Waals surface area contributed by atoms with Gasteiger partial charge in [0, 0.05) is 18.4 Å². The Hall–Kier alpha value is -0.960. The zero-order valence-electron chi connectivity index (χ0n) is 8.43. The predicted molar refractivity (Wildman–Crippen MR) is 55.8 cm³/mol. The van der Waals surface area contributed by atoms with Crippen LogP contribution in [-0.2, 0) is 0 Å². The molecule has 0 amide bonds. The van der Waals surface area contributed by atoms with Gasteiger partial charge in [0.1, 0.15) is 0 Å². The average Bonchev–Trinajstić information content (AvgIpc) is 2.14. The first-order valence-corrected chi connectivity index (χ1v) is 4.87. The van der Waals surface area contributed by atoms with Gasteiger partial charge in [-0.25, -0.2) is 0 Å². The third-order valence-electron chi connectivity index (χ3n) is 1.92. The van der Waals surface area contributed by atoms with Crippen LogP contribution in [-0.4, -0.2) is 13.1 Å². The van der Waals surface area contributed by atoms with Crippen molar-refractivity contribution in [3.63, 3.8) is 0 Å². The van der Waals surface area contributed by atoms with Gasteiger partial charge in [0.15, 0.2) is 0 Å². The second kappa shape index (κ2) is 5.65. The van der Waals surface area contributed by atoms with E-state index in [9.17, 15) is 0 Å². The number of allylic oxidation sites excluding steroid dienone is 2. The highest BCUT2D eigenvalue weighted by Gasteiger charge is 1.97. The summed E-state index contributed by atoms with van der Waals surface area (Å²) in [5, 5.41) is 3.38. The third-order valence-corrected chi connectivity index (χ3v) is 1.92. The fourth-order valence-corrected chi connectivity index (χ4v) is 1.11. The molecule has 1 rings (SSSR count). The van der Waals surface area contributed by atoms with Gasteiger partial charge in [0.05, 0.1) is 0 Å². The van der Waals surface area contributed by atoms with Crippen molar-refractivity contribution < 1.29 is 0 Å². The number of hydrogen-bond donors (Lipinski definition) is 3. The molecule has 0 radical (unpaired) electrons. The summed E-state index contributed by atoms with van der Waals surface area (Å²) in [6.45, 7) is 6.47. The molecular weight excluding hydrogens is 162 g/mol. The SMILES string of the molecule is CC(C)CCNCC1=CC=CNN1. The molecule has 74 valence electrons. The van der Waals surface area contributed by atoms with Crippen LogP contribution >= 0.6 is 0 Å². The van der Waals surface area contributed by atoms with Crippen LogP contribution in [0.3, 0.4) is 0 Å². The minimum Gasteiger partial charge on any atom is -0.311 e. The minimum absolute atomic E-state index is 0.777. The molecule has 1 aliphatic rings. The molecule has 0 fully saturated rings. The van der Waals surface area contributed by atoms with Gasteiger partial charge in [-0.3, -0.25) is 0 Å². The Morgan fingerprint density at radius 2 is 2.31 bits per heavy atom. The van der Waals surface area contributed by atoms with Crippen LogP contribution in [0, 0.1) is 5.92 Å². The third kappa shape index (κ3) is 4.58. The van der Waals surface area contributed by atoms with Crippen LogP contribution < -0.4 is 16.2 Å². The fraction of sp³-hybridized carbons (Fsp3) is 0.600. The summed E-state index contributed by atoms with van der Waals surface area (Å²) in [6, 6.07) is 0. The largest absolute Gasteiger partial charge is 0.311 e. The summed E-state index contributed by atoms with van der Waals surface area (Å²) in [4.78, 5) is 0. The van der Waals surface area contributed by atoms with Crippen LogP contribution in [0.2, 0.25) is 0 Å². The van der Waals surface area contributed by atoms with E-state index in [1.54, 1.807) is 0 Å². The van der Waals surface area contributed by atoms with Crippen LogP contribution in [0.4, 0.5) is 0 Å². The number of hydrogen-bond acceptors (Lipinski definition) is 3. The van der Waals surface area contributed by atoms with Crippen molar-refractivity contribution >= 4 is 0 Å². The Balaban J connectivity index is 2.05. The molecule has 3 nitrogen and oxygen atoms in total. The maximum absolute atomic E-state index is 3.38. The Labute approximate surface area is 80.3 Å². The second-order valence-electron chi connectivity index (χ2n) is 3.68. The zero-order valence-corrected chi connectivity index (χ0v) is 8.43. The molecule has 1 aliphatic heterocycles. The van der Waals surface area contributed by atoms with Crippen LogP contribution in [0.1, 0.15) is 20.3 Å². The highest BCUT2D eigenvalue weighted by atomic mass is 15.4. The predicted octanol–water partition coefficient (Wildman–Crippen LogP) is 1.13. The molecular formula is C10H19N3. The van der Waals surface area contributed by atoms with Crippen molar-refractivity contribution in [3.05, 3.63) is 24.0 Å². The molecule has 3 heteroatoms. The summed E-state index contributed by atoms with van der Waals surface area (Å²) in [5.74, 6) is 0.777. The fourth-order valence-electron chi connectivity index (χ4n) is 1.11. The standard InChI is InChI=1S/C10H19N3/c1-9(2)5-7-11-8-10-4-3-6-12-13-10/h3-4,6,9,11-13H,5,7-8H2,1-2H3. The first-order valence-electron chi connectivity index (χ1n) is 4.87. The quantitative estimate of drug-likeness (QED) is 0.556. The molecule has 0 spiro atoms. The summed E-state index contributed by atoms with van der Waals surface area (Å²) < 4.78 is 0. The zero-order chi connectivity index (χ0) is 9.52. The van der Waals surface area contributed by atoms with Gasteiger partial charge in [-0.15, -0.1) is 0 Å². The van der Waals surface area contributed by atoms with Crippen molar-refractivity contribution in [1.82, 2.24) is 16.2 Å². The Morgan fingerprint density at radius 1 is 1.46 bits per heavy atom. The lowest BCUT2D eigenvalue weighted by Crippen LogP contribution is -2.34. The molecule has 0 atom stereocenters. The monoisotopic (exact) mass is 181 g/mol. The Morgan fingerprint density at radius 3 is 2.92 bits per heavy atom. The van der Waals surface area contributed by atoms with Crippen LogP contribution in [0.5, 0.6) is 0 Å². The first-order chi connectivity index (χ1) is 6.29. The molecule has 0 aromatic rings. The maximum Gasteiger partial charge on any atom is 0.0452 e. The van der Waals surface area contributed by atoms with Gasteiger partial charge in [0.2, 0.25) is 0 Å². The highest BCUT2D eigenvalue weighted by Crippen LogP contribution is 1.97. The summed E-state index contributed by atoms with van der Waals surface area (Å²) in [7, 11) is 0. The number of hydrazine groups is 1. The van der Waals surface area contributed by atoms with Crippen molar-refractivity contribution in [1.29, 1.82) is 0 Å². The summed E-state index contributed by atoms with van der Waals surface area (Å²) in [6.07, 6.45) is 7.17. The molecule has 0 aromatic carbocycles. The van der Waals surface area contributed by atoms with Gasteiger partial charge in [0.25, 0.3) is 0 Å².